The summed E-state index contributed by atoms with van der Waals surface area (Å²) in [5.74, 6) is 1.58. The lowest BCUT2D eigenvalue weighted by Crippen LogP contribution is -2.37. The fraction of sp³-hybridized carbons (Fsp3) is 0.478. The number of ether oxygens (including phenoxy) is 2. The number of hydrogen-bond acceptors (Lipinski definition) is 4. The number of hydrogen-bond donors (Lipinski definition) is 1. The zero-order valence-electron chi connectivity index (χ0n) is 16.8. The Labute approximate surface area is 163 Å². The highest BCUT2D eigenvalue weighted by Crippen LogP contribution is 2.29. The summed E-state index contributed by atoms with van der Waals surface area (Å²) >= 11 is 0. The molecule has 2 aromatic rings. The maximum Gasteiger partial charge on any atom is 0.161 e. The van der Waals surface area contributed by atoms with Crippen molar-refractivity contribution in [3.8, 4) is 11.5 Å². The molecule has 1 aliphatic rings. The van der Waals surface area contributed by atoms with E-state index in [1.165, 1.54) is 36.1 Å². The van der Waals surface area contributed by atoms with Crippen molar-refractivity contribution in [1.82, 2.24) is 10.2 Å². The molecule has 0 spiro atoms. The van der Waals surface area contributed by atoms with E-state index in [-0.39, 0.29) is 0 Å². The Bertz CT molecular complexity index is 732. The summed E-state index contributed by atoms with van der Waals surface area (Å²) in [6.07, 6.45) is 2.62. The molecule has 4 nitrogen and oxygen atoms in total. The molecule has 1 unspecified atom stereocenters. The highest BCUT2D eigenvalue weighted by molar-refractivity contribution is 5.43. The zero-order chi connectivity index (χ0) is 19.1. The van der Waals surface area contributed by atoms with Gasteiger partial charge < -0.3 is 14.8 Å². The summed E-state index contributed by atoms with van der Waals surface area (Å²) in [6.45, 7) is 9.17. The van der Waals surface area contributed by atoms with Crippen molar-refractivity contribution in [2.45, 2.75) is 45.9 Å². The molecule has 0 bridgehead atoms. The van der Waals surface area contributed by atoms with Gasteiger partial charge in [-0.15, -0.1) is 0 Å². The molecule has 0 saturated carbocycles. The maximum absolute atomic E-state index is 5.99. The molecule has 1 aliphatic heterocycles. The number of likely N-dealkylation sites (tertiary alicyclic amines) is 1. The lowest BCUT2D eigenvalue weighted by molar-refractivity contribution is 0.260. The minimum Gasteiger partial charge on any atom is -0.493 e. The van der Waals surface area contributed by atoms with Crippen molar-refractivity contribution in [2.24, 2.45) is 0 Å². The van der Waals surface area contributed by atoms with Crippen LogP contribution in [-0.2, 0) is 13.2 Å². The van der Waals surface area contributed by atoms with E-state index in [1.54, 1.807) is 7.11 Å². The number of methoxy groups -OCH3 is 1. The van der Waals surface area contributed by atoms with E-state index in [4.69, 9.17) is 9.47 Å². The van der Waals surface area contributed by atoms with Crippen LogP contribution in [0.25, 0.3) is 0 Å². The first-order chi connectivity index (χ1) is 13.2. The highest BCUT2D eigenvalue weighted by Gasteiger charge is 2.22. The Morgan fingerprint density at radius 2 is 2.00 bits per heavy atom. The molecule has 3 rings (SSSR count). The second kappa shape index (κ2) is 9.77. The molecular weight excluding hydrogens is 336 g/mol. The molecule has 0 aliphatic carbocycles. The first kappa shape index (κ1) is 19.7. The molecular formula is C23H32N2O2. The number of nitrogens with zero attached hydrogens (tertiary/aromatic N) is 1. The predicted molar refractivity (Wildman–Crippen MR) is 110 cm³/mol. The lowest BCUT2D eigenvalue weighted by Gasteiger charge is -2.23. The Balaban J connectivity index is 1.54. The van der Waals surface area contributed by atoms with Gasteiger partial charge in [0.05, 0.1) is 7.11 Å². The molecule has 4 heteroatoms. The largest absolute Gasteiger partial charge is 0.493 e. The smallest absolute Gasteiger partial charge is 0.161 e. The molecule has 0 amide bonds. The Hall–Kier alpha value is -2.04. The van der Waals surface area contributed by atoms with Crippen LogP contribution >= 0.6 is 0 Å². The predicted octanol–water partition coefficient (Wildman–Crippen LogP) is 4.16. The number of rotatable bonds is 9. The molecule has 1 fully saturated rings. The fourth-order valence-corrected chi connectivity index (χ4v) is 3.83. The van der Waals surface area contributed by atoms with Crippen LogP contribution in [0.15, 0.2) is 42.5 Å². The fourth-order valence-electron chi connectivity index (χ4n) is 3.83. The molecule has 1 atom stereocenters. The van der Waals surface area contributed by atoms with Crippen LogP contribution in [0.2, 0.25) is 0 Å². The third-order valence-corrected chi connectivity index (χ3v) is 5.32. The van der Waals surface area contributed by atoms with E-state index in [2.05, 4.69) is 60.5 Å². The van der Waals surface area contributed by atoms with Crippen molar-refractivity contribution in [3.05, 3.63) is 59.2 Å². The van der Waals surface area contributed by atoms with Crippen molar-refractivity contribution in [1.29, 1.82) is 0 Å². The summed E-state index contributed by atoms with van der Waals surface area (Å²) < 4.78 is 11.5. The second-order valence-electron chi connectivity index (χ2n) is 7.32. The molecule has 0 aromatic heterocycles. The van der Waals surface area contributed by atoms with Gasteiger partial charge in [0.15, 0.2) is 11.5 Å². The SMILES string of the molecule is CCN1CCCC1CNCc1ccc(OCc2cccc(C)c2)c(OC)c1. The van der Waals surface area contributed by atoms with E-state index in [0.29, 0.717) is 12.6 Å². The molecule has 27 heavy (non-hydrogen) atoms. The molecule has 1 heterocycles. The van der Waals surface area contributed by atoms with Crippen molar-refractivity contribution in [2.75, 3.05) is 26.7 Å². The topological polar surface area (TPSA) is 33.7 Å². The van der Waals surface area contributed by atoms with E-state index < -0.39 is 0 Å². The van der Waals surface area contributed by atoms with Crippen LogP contribution in [0.1, 0.15) is 36.5 Å². The van der Waals surface area contributed by atoms with Gasteiger partial charge in [-0.25, -0.2) is 0 Å². The first-order valence-corrected chi connectivity index (χ1v) is 9.99. The van der Waals surface area contributed by atoms with Crippen molar-refractivity contribution >= 4 is 0 Å². The summed E-state index contributed by atoms with van der Waals surface area (Å²) in [5, 5.41) is 3.60. The van der Waals surface area contributed by atoms with Gasteiger partial charge in [-0.3, -0.25) is 4.90 Å². The number of nitrogens with one attached hydrogen (secondary N) is 1. The molecule has 1 saturated heterocycles. The lowest BCUT2D eigenvalue weighted by atomic mass is 10.1. The van der Waals surface area contributed by atoms with E-state index >= 15 is 0 Å². The van der Waals surface area contributed by atoms with Gasteiger partial charge in [-0.2, -0.15) is 0 Å². The third kappa shape index (κ3) is 5.47. The van der Waals surface area contributed by atoms with E-state index in [1.807, 2.05) is 6.07 Å². The van der Waals surface area contributed by atoms with E-state index in [9.17, 15) is 0 Å². The van der Waals surface area contributed by atoms with Crippen LogP contribution in [0.4, 0.5) is 0 Å². The van der Waals surface area contributed by atoms with Gasteiger partial charge in [0.2, 0.25) is 0 Å². The van der Waals surface area contributed by atoms with Gasteiger partial charge in [-0.05, 0) is 56.1 Å². The normalized spacial score (nSPS) is 17.2. The molecule has 1 N–H and O–H groups in total. The number of likely N-dealkylation sites (N-methyl/N-ethyl adjacent to an activating group) is 1. The maximum atomic E-state index is 5.99. The minimum absolute atomic E-state index is 0.546. The Morgan fingerprint density at radius 3 is 2.78 bits per heavy atom. The van der Waals surface area contributed by atoms with Gasteiger partial charge in [0, 0.05) is 19.1 Å². The average molecular weight is 369 g/mol. The van der Waals surface area contributed by atoms with E-state index in [0.717, 1.165) is 31.1 Å². The van der Waals surface area contributed by atoms with Crippen molar-refractivity contribution < 1.29 is 9.47 Å². The summed E-state index contributed by atoms with van der Waals surface area (Å²) in [4.78, 5) is 2.57. The van der Waals surface area contributed by atoms with Gasteiger partial charge in [0.25, 0.3) is 0 Å². The molecule has 2 aromatic carbocycles. The monoisotopic (exact) mass is 368 g/mol. The van der Waals surface area contributed by atoms with Crippen molar-refractivity contribution in [3.63, 3.8) is 0 Å². The second-order valence-corrected chi connectivity index (χ2v) is 7.32. The van der Waals surface area contributed by atoms with Crippen LogP contribution in [0.3, 0.4) is 0 Å². The zero-order valence-corrected chi connectivity index (χ0v) is 16.8. The summed E-state index contributed by atoms with van der Waals surface area (Å²) in [5.41, 5.74) is 3.63. The Morgan fingerprint density at radius 1 is 1.11 bits per heavy atom. The Kier molecular flexibility index (Phi) is 7.13. The van der Waals surface area contributed by atoms with Gasteiger partial charge in [-0.1, -0.05) is 42.8 Å². The quantitative estimate of drug-likeness (QED) is 0.721. The molecule has 0 radical (unpaired) electrons. The van der Waals surface area contributed by atoms with Crippen LogP contribution in [0.5, 0.6) is 11.5 Å². The number of aryl methyl sites for hydroxylation is 1. The highest BCUT2D eigenvalue weighted by atomic mass is 16.5. The van der Waals surface area contributed by atoms with Gasteiger partial charge in [0.1, 0.15) is 6.61 Å². The van der Waals surface area contributed by atoms with Crippen LogP contribution < -0.4 is 14.8 Å². The summed E-state index contributed by atoms with van der Waals surface area (Å²) in [6, 6.07) is 15.3. The van der Waals surface area contributed by atoms with Crippen LogP contribution in [-0.4, -0.2) is 37.7 Å². The third-order valence-electron chi connectivity index (χ3n) is 5.32. The summed E-state index contributed by atoms with van der Waals surface area (Å²) in [7, 11) is 1.70. The minimum atomic E-state index is 0.546. The van der Waals surface area contributed by atoms with Crippen LogP contribution in [0, 0.1) is 6.92 Å². The molecule has 146 valence electrons. The number of benzene rings is 2. The first-order valence-electron chi connectivity index (χ1n) is 9.99. The average Bonchev–Trinajstić information content (AvgIpc) is 3.14. The standard InChI is InChI=1S/C23H32N2O2/c1-4-25-12-6-9-21(25)16-24-15-19-10-11-22(23(14-19)26-3)27-17-20-8-5-7-18(2)13-20/h5,7-8,10-11,13-14,21,24H,4,6,9,12,15-17H2,1-3H3. The van der Waals surface area contributed by atoms with Gasteiger partial charge >= 0.3 is 0 Å².